The van der Waals surface area contributed by atoms with Gasteiger partial charge in [0.05, 0.1) is 4.90 Å². The van der Waals surface area contributed by atoms with Gasteiger partial charge in [0.15, 0.2) is 0 Å². The Morgan fingerprint density at radius 3 is 2.37 bits per heavy atom. The lowest BCUT2D eigenvalue weighted by molar-refractivity contribution is -0.141. The number of rotatable bonds is 3. The van der Waals surface area contributed by atoms with Crippen molar-refractivity contribution < 1.29 is 21.6 Å². The fraction of sp³-hybridized carbons (Fsp3) is 0.375. The van der Waals surface area contributed by atoms with E-state index >= 15 is 0 Å². The van der Waals surface area contributed by atoms with Gasteiger partial charge in [-0.15, -0.1) is 0 Å². The summed E-state index contributed by atoms with van der Waals surface area (Å²) in [5.41, 5.74) is -0.454. The van der Waals surface area contributed by atoms with Crippen LogP contribution in [0, 0.1) is 6.92 Å². The molecule has 0 N–H and O–H groups in total. The number of halogens is 4. The number of sulfonamides is 1. The third kappa shape index (κ3) is 4.17. The van der Waals surface area contributed by atoms with Crippen LogP contribution in [0.2, 0.25) is 5.02 Å². The first kappa shape index (κ1) is 19.8. The van der Waals surface area contributed by atoms with Gasteiger partial charge in [0.1, 0.15) is 17.8 Å². The van der Waals surface area contributed by atoms with Crippen molar-refractivity contribution in [1.82, 2.24) is 14.3 Å². The molecule has 0 unspecified atom stereocenters. The van der Waals surface area contributed by atoms with Crippen LogP contribution in [0.3, 0.4) is 0 Å². The van der Waals surface area contributed by atoms with Crippen molar-refractivity contribution in [3.05, 3.63) is 46.9 Å². The molecule has 27 heavy (non-hydrogen) atoms. The average molecular weight is 421 g/mol. The Hall–Kier alpha value is -1.91. The van der Waals surface area contributed by atoms with Gasteiger partial charge in [-0.25, -0.2) is 18.4 Å². The molecular weight excluding hydrogens is 405 g/mol. The molecule has 3 rings (SSSR count). The van der Waals surface area contributed by atoms with Crippen LogP contribution in [-0.4, -0.2) is 48.9 Å². The maximum Gasteiger partial charge on any atom is 0.433 e. The van der Waals surface area contributed by atoms with Crippen molar-refractivity contribution in [2.24, 2.45) is 0 Å². The summed E-state index contributed by atoms with van der Waals surface area (Å²) in [4.78, 5) is 8.85. The van der Waals surface area contributed by atoms with Crippen LogP contribution in [0.4, 0.5) is 19.0 Å². The molecule has 0 radical (unpaired) electrons. The van der Waals surface area contributed by atoms with Gasteiger partial charge in [-0.1, -0.05) is 17.7 Å². The zero-order valence-electron chi connectivity index (χ0n) is 14.2. The van der Waals surface area contributed by atoms with Crippen LogP contribution in [0.1, 0.15) is 11.3 Å². The van der Waals surface area contributed by atoms with Crippen molar-refractivity contribution in [3.8, 4) is 0 Å². The highest BCUT2D eigenvalue weighted by molar-refractivity contribution is 7.89. The number of hydrogen-bond acceptors (Lipinski definition) is 5. The summed E-state index contributed by atoms with van der Waals surface area (Å²) in [5, 5.41) is 0.318. The molecule has 0 spiro atoms. The molecule has 1 fully saturated rings. The molecule has 0 saturated carbocycles. The summed E-state index contributed by atoms with van der Waals surface area (Å²) in [7, 11) is -3.74. The minimum absolute atomic E-state index is 0.119. The Morgan fingerprint density at radius 2 is 1.74 bits per heavy atom. The van der Waals surface area contributed by atoms with Crippen molar-refractivity contribution in [1.29, 1.82) is 0 Å². The highest BCUT2D eigenvalue weighted by Gasteiger charge is 2.34. The third-order valence-corrected chi connectivity index (χ3v) is 6.55. The SMILES string of the molecule is Cc1ccc(Cl)cc1S(=O)(=O)N1CCN(c2cc(C(F)(F)F)ncn2)CC1. The number of anilines is 1. The molecule has 1 aromatic carbocycles. The van der Waals surface area contributed by atoms with Crippen LogP contribution in [0.5, 0.6) is 0 Å². The zero-order valence-corrected chi connectivity index (χ0v) is 15.8. The summed E-state index contributed by atoms with van der Waals surface area (Å²) in [5.74, 6) is 0.119. The largest absolute Gasteiger partial charge is 0.433 e. The van der Waals surface area contributed by atoms with E-state index in [1.54, 1.807) is 24.0 Å². The molecule has 1 aliphatic heterocycles. The lowest BCUT2D eigenvalue weighted by atomic mass is 10.2. The van der Waals surface area contributed by atoms with Gasteiger partial charge in [0.2, 0.25) is 10.0 Å². The first-order valence-electron chi connectivity index (χ1n) is 7.99. The van der Waals surface area contributed by atoms with Crippen LogP contribution in [0.15, 0.2) is 35.5 Å². The Labute approximate surface area is 159 Å². The molecule has 0 amide bonds. The van der Waals surface area contributed by atoms with E-state index in [9.17, 15) is 21.6 Å². The number of aryl methyl sites for hydroxylation is 1. The quantitative estimate of drug-likeness (QED) is 0.763. The van der Waals surface area contributed by atoms with E-state index in [0.29, 0.717) is 10.6 Å². The molecule has 1 saturated heterocycles. The maximum absolute atomic E-state index is 12.9. The van der Waals surface area contributed by atoms with Gasteiger partial charge in [-0.3, -0.25) is 0 Å². The second-order valence-corrected chi connectivity index (χ2v) is 8.40. The summed E-state index contributed by atoms with van der Waals surface area (Å²) < 4.78 is 65.4. The monoisotopic (exact) mass is 420 g/mol. The van der Waals surface area contributed by atoms with E-state index in [-0.39, 0.29) is 36.9 Å². The normalized spacial score (nSPS) is 16.6. The Balaban J connectivity index is 1.77. The predicted octanol–water partition coefficient (Wildman–Crippen LogP) is 2.97. The highest BCUT2D eigenvalue weighted by Crippen LogP contribution is 2.30. The molecule has 1 aromatic heterocycles. The van der Waals surface area contributed by atoms with Crippen molar-refractivity contribution in [2.75, 3.05) is 31.1 Å². The molecule has 6 nitrogen and oxygen atoms in total. The topological polar surface area (TPSA) is 66.4 Å². The highest BCUT2D eigenvalue weighted by atomic mass is 35.5. The third-order valence-electron chi connectivity index (χ3n) is 4.27. The van der Waals surface area contributed by atoms with Crippen molar-refractivity contribution in [2.45, 2.75) is 18.0 Å². The van der Waals surface area contributed by atoms with Gasteiger partial charge in [-0.05, 0) is 24.6 Å². The molecule has 1 aliphatic rings. The standard InChI is InChI=1S/C16H16ClF3N4O2S/c1-11-2-3-12(17)8-13(11)27(25,26)24-6-4-23(5-7-24)15-9-14(16(18,19)20)21-10-22-15/h2-3,8-10H,4-7H2,1H3. The smallest absolute Gasteiger partial charge is 0.354 e. The molecule has 146 valence electrons. The minimum Gasteiger partial charge on any atom is -0.354 e. The van der Waals surface area contributed by atoms with Gasteiger partial charge >= 0.3 is 6.18 Å². The zero-order chi connectivity index (χ0) is 19.8. The van der Waals surface area contributed by atoms with Gasteiger partial charge in [0.25, 0.3) is 0 Å². The lowest BCUT2D eigenvalue weighted by Gasteiger charge is -2.35. The van der Waals surface area contributed by atoms with Gasteiger partial charge in [0, 0.05) is 37.3 Å². The molecule has 2 heterocycles. The summed E-state index contributed by atoms with van der Waals surface area (Å²) in [6, 6.07) is 5.51. The molecule has 11 heteroatoms. The van der Waals surface area contributed by atoms with E-state index in [0.717, 1.165) is 12.4 Å². The Bertz CT molecular complexity index is 945. The van der Waals surface area contributed by atoms with Gasteiger partial charge in [-0.2, -0.15) is 17.5 Å². The van der Waals surface area contributed by atoms with Crippen LogP contribution < -0.4 is 4.90 Å². The van der Waals surface area contributed by atoms with Crippen molar-refractivity contribution >= 4 is 27.4 Å². The number of nitrogens with zero attached hydrogens (tertiary/aromatic N) is 4. The summed E-state index contributed by atoms with van der Waals surface area (Å²) in [6.07, 6.45) is -3.70. The lowest BCUT2D eigenvalue weighted by Crippen LogP contribution is -2.49. The van der Waals surface area contributed by atoms with E-state index in [1.165, 1.54) is 10.4 Å². The summed E-state index contributed by atoms with van der Waals surface area (Å²) in [6.45, 7) is 2.36. The fourth-order valence-electron chi connectivity index (χ4n) is 2.82. The van der Waals surface area contributed by atoms with Gasteiger partial charge < -0.3 is 4.90 Å². The van der Waals surface area contributed by atoms with Crippen LogP contribution in [0.25, 0.3) is 0 Å². The molecule has 2 aromatic rings. The first-order valence-corrected chi connectivity index (χ1v) is 9.81. The van der Waals surface area contributed by atoms with E-state index < -0.39 is 21.9 Å². The number of alkyl halides is 3. The number of hydrogen-bond donors (Lipinski definition) is 0. The maximum atomic E-state index is 12.9. The molecule has 0 atom stereocenters. The number of piperazine rings is 1. The molecular formula is C16H16ClF3N4O2S. The van der Waals surface area contributed by atoms with Crippen LogP contribution in [-0.2, 0) is 16.2 Å². The molecule has 0 aliphatic carbocycles. The molecule has 0 bridgehead atoms. The summed E-state index contributed by atoms with van der Waals surface area (Å²) >= 11 is 5.92. The van der Waals surface area contributed by atoms with E-state index in [1.807, 2.05) is 0 Å². The number of benzene rings is 1. The second kappa shape index (κ2) is 7.25. The van der Waals surface area contributed by atoms with Crippen LogP contribution >= 0.6 is 11.6 Å². The van der Waals surface area contributed by atoms with E-state index in [4.69, 9.17) is 11.6 Å². The van der Waals surface area contributed by atoms with Crippen molar-refractivity contribution in [3.63, 3.8) is 0 Å². The van der Waals surface area contributed by atoms with E-state index in [2.05, 4.69) is 9.97 Å². The fourth-order valence-corrected chi connectivity index (χ4v) is 4.73. The Morgan fingerprint density at radius 1 is 1.07 bits per heavy atom. The Kier molecular flexibility index (Phi) is 5.33. The first-order chi connectivity index (χ1) is 12.6. The predicted molar refractivity (Wildman–Crippen MR) is 94.2 cm³/mol. The average Bonchev–Trinajstić information content (AvgIpc) is 2.63. The minimum atomic E-state index is -4.56. The second-order valence-electron chi connectivity index (χ2n) is 6.06. The number of aromatic nitrogens is 2.